The molecule has 0 aliphatic carbocycles. The number of amides is 2. The summed E-state index contributed by atoms with van der Waals surface area (Å²) in [5.41, 5.74) is 4.10. The Morgan fingerprint density at radius 2 is 1.47 bits per heavy atom. The molecule has 1 aromatic heterocycles. The second-order valence-electron chi connectivity index (χ2n) is 7.10. The molecule has 0 radical (unpaired) electrons. The van der Waals surface area contributed by atoms with Crippen molar-refractivity contribution >= 4 is 12.0 Å². The Bertz CT molecular complexity index is 1040. The van der Waals surface area contributed by atoms with E-state index in [2.05, 4.69) is 22.4 Å². The number of hydrogen-bond donors (Lipinski definition) is 0. The van der Waals surface area contributed by atoms with Crippen molar-refractivity contribution in [2.24, 2.45) is 0 Å². The average molecular weight is 405 g/mol. The van der Waals surface area contributed by atoms with Crippen LogP contribution in [0.15, 0.2) is 54.6 Å². The Balaban J connectivity index is 1.49. The summed E-state index contributed by atoms with van der Waals surface area (Å²) >= 11 is 0. The lowest BCUT2D eigenvalue weighted by atomic mass is 10.1. The Labute approximate surface area is 174 Å². The predicted octanol–water partition coefficient (Wildman–Crippen LogP) is 2.77. The van der Waals surface area contributed by atoms with Gasteiger partial charge in [0.15, 0.2) is 5.69 Å². The van der Waals surface area contributed by atoms with Gasteiger partial charge in [-0.2, -0.15) is 0 Å². The first-order valence-electron chi connectivity index (χ1n) is 9.79. The van der Waals surface area contributed by atoms with Gasteiger partial charge in [-0.15, -0.1) is 5.10 Å². The maximum absolute atomic E-state index is 12.9. The van der Waals surface area contributed by atoms with E-state index >= 15 is 0 Å². The highest BCUT2D eigenvalue weighted by atomic mass is 16.5. The highest BCUT2D eigenvalue weighted by molar-refractivity contribution is 5.93. The maximum Gasteiger partial charge on any atom is 0.409 e. The van der Waals surface area contributed by atoms with E-state index in [0.29, 0.717) is 37.6 Å². The van der Waals surface area contributed by atoms with Crippen LogP contribution >= 0.6 is 0 Å². The zero-order valence-electron chi connectivity index (χ0n) is 17.0. The molecule has 0 N–H and O–H groups in total. The summed E-state index contributed by atoms with van der Waals surface area (Å²) in [6.07, 6.45) is -0.372. The number of aromatic nitrogens is 3. The normalized spacial score (nSPS) is 13.9. The van der Waals surface area contributed by atoms with Crippen LogP contribution in [0.5, 0.6) is 0 Å². The number of piperazine rings is 1. The van der Waals surface area contributed by atoms with E-state index in [1.54, 1.807) is 14.5 Å². The number of carbonyl (C=O) groups excluding carboxylic acids is 2. The lowest BCUT2D eigenvalue weighted by Crippen LogP contribution is -2.50. The van der Waals surface area contributed by atoms with Crippen LogP contribution in [0.2, 0.25) is 0 Å². The Morgan fingerprint density at radius 1 is 0.867 bits per heavy atom. The molecule has 0 bridgehead atoms. The van der Waals surface area contributed by atoms with Crippen molar-refractivity contribution in [1.29, 1.82) is 0 Å². The minimum absolute atomic E-state index is 0.177. The molecular formula is C22H23N5O3. The van der Waals surface area contributed by atoms with E-state index in [9.17, 15) is 9.59 Å². The summed E-state index contributed by atoms with van der Waals surface area (Å²) in [4.78, 5) is 27.8. The smallest absolute Gasteiger partial charge is 0.409 e. The third kappa shape index (κ3) is 3.76. The highest BCUT2D eigenvalue weighted by Gasteiger charge is 2.28. The van der Waals surface area contributed by atoms with Gasteiger partial charge >= 0.3 is 6.09 Å². The van der Waals surface area contributed by atoms with Crippen molar-refractivity contribution in [2.75, 3.05) is 33.3 Å². The first-order valence-corrected chi connectivity index (χ1v) is 9.79. The molecule has 0 unspecified atom stereocenters. The standard InChI is InChI=1S/C22H23N5O3/c1-16-20(21(28)25-12-14-26(15-13-25)22(29)30-2)23-24-27(16)19-10-8-18(9-11-19)17-6-4-3-5-7-17/h3-11H,12-15H2,1-2H3. The zero-order valence-corrected chi connectivity index (χ0v) is 17.0. The van der Waals surface area contributed by atoms with E-state index in [1.165, 1.54) is 7.11 Å². The second-order valence-corrected chi connectivity index (χ2v) is 7.10. The van der Waals surface area contributed by atoms with Crippen LogP contribution in [0.1, 0.15) is 16.2 Å². The van der Waals surface area contributed by atoms with Gasteiger partial charge in [-0.3, -0.25) is 4.79 Å². The van der Waals surface area contributed by atoms with Crippen molar-refractivity contribution in [3.8, 4) is 16.8 Å². The van der Waals surface area contributed by atoms with Crippen LogP contribution in [0.3, 0.4) is 0 Å². The zero-order chi connectivity index (χ0) is 21.1. The fourth-order valence-corrected chi connectivity index (χ4v) is 3.57. The Hall–Kier alpha value is -3.68. The summed E-state index contributed by atoms with van der Waals surface area (Å²) < 4.78 is 6.41. The maximum atomic E-state index is 12.9. The number of nitrogens with zero attached hydrogens (tertiary/aromatic N) is 5. The number of rotatable bonds is 3. The van der Waals surface area contributed by atoms with Gasteiger partial charge < -0.3 is 14.5 Å². The molecule has 8 heteroatoms. The molecule has 1 aliphatic rings. The van der Waals surface area contributed by atoms with E-state index < -0.39 is 0 Å². The molecule has 30 heavy (non-hydrogen) atoms. The summed E-state index contributed by atoms with van der Waals surface area (Å²) in [5.74, 6) is -0.177. The molecule has 1 fully saturated rings. The third-order valence-electron chi connectivity index (χ3n) is 5.32. The monoisotopic (exact) mass is 405 g/mol. The van der Waals surface area contributed by atoms with E-state index in [0.717, 1.165) is 16.8 Å². The van der Waals surface area contributed by atoms with Gasteiger partial charge in [0.05, 0.1) is 18.5 Å². The SMILES string of the molecule is COC(=O)N1CCN(C(=O)c2nnn(-c3ccc(-c4ccccc4)cc3)c2C)CC1. The molecule has 0 saturated carbocycles. The van der Waals surface area contributed by atoms with Gasteiger partial charge in [-0.25, -0.2) is 9.48 Å². The number of methoxy groups -OCH3 is 1. The minimum Gasteiger partial charge on any atom is -0.453 e. The molecule has 2 heterocycles. The number of hydrogen-bond acceptors (Lipinski definition) is 5. The summed E-state index contributed by atoms with van der Waals surface area (Å²) in [7, 11) is 1.36. The Morgan fingerprint density at radius 3 is 2.10 bits per heavy atom. The predicted molar refractivity (Wildman–Crippen MR) is 111 cm³/mol. The largest absolute Gasteiger partial charge is 0.453 e. The van der Waals surface area contributed by atoms with Crippen molar-refractivity contribution in [3.63, 3.8) is 0 Å². The lowest BCUT2D eigenvalue weighted by molar-refractivity contribution is 0.0594. The molecule has 4 rings (SSSR count). The van der Waals surface area contributed by atoms with Gasteiger partial charge in [-0.05, 0) is 30.2 Å². The number of ether oxygens (including phenoxy) is 1. The molecule has 8 nitrogen and oxygen atoms in total. The molecule has 2 amide bonds. The quantitative estimate of drug-likeness (QED) is 0.669. The Kier molecular flexibility index (Phi) is 5.47. The molecular weight excluding hydrogens is 382 g/mol. The van der Waals surface area contributed by atoms with E-state index in [4.69, 9.17) is 4.74 Å². The van der Waals surface area contributed by atoms with Gasteiger partial charge in [0.25, 0.3) is 5.91 Å². The molecule has 3 aromatic rings. The average Bonchev–Trinajstić information content (AvgIpc) is 3.20. The van der Waals surface area contributed by atoms with Gasteiger partial charge in [0.1, 0.15) is 0 Å². The molecule has 154 valence electrons. The molecule has 2 aromatic carbocycles. The molecule has 0 spiro atoms. The van der Waals surface area contributed by atoms with Gasteiger partial charge in [0.2, 0.25) is 0 Å². The summed E-state index contributed by atoms with van der Waals surface area (Å²) in [6.45, 7) is 3.58. The van der Waals surface area contributed by atoms with Crippen LogP contribution < -0.4 is 0 Å². The van der Waals surface area contributed by atoms with Gasteiger partial charge in [-0.1, -0.05) is 47.7 Å². The van der Waals surface area contributed by atoms with Crippen LogP contribution in [0.4, 0.5) is 4.79 Å². The lowest BCUT2D eigenvalue weighted by Gasteiger charge is -2.33. The van der Waals surface area contributed by atoms with Crippen molar-refractivity contribution in [2.45, 2.75) is 6.92 Å². The van der Waals surface area contributed by atoms with Crippen LogP contribution in [0, 0.1) is 6.92 Å². The number of benzene rings is 2. The van der Waals surface area contributed by atoms with E-state index in [-0.39, 0.29) is 12.0 Å². The van der Waals surface area contributed by atoms with Gasteiger partial charge in [0, 0.05) is 26.2 Å². The van der Waals surface area contributed by atoms with Crippen LogP contribution in [0.25, 0.3) is 16.8 Å². The number of carbonyl (C=O) groups is 2. The highest BCUT2D eigenvalue weighted by Crippen LogP contribution is 2.22. The summed E-state index contributed by atoms with van der Waals surface area (Å²) in [5, 5.41) is 8.33. The van der Waals surface area contributed by atoms with Crippen LogP contribution in [-0.4, -0.2) is 70.1 Å². The minimum atomic E-state index is -0.372. The first-order chi connectivity index (χ1) is 14.6. The van der Waals surface area contributed by atoms with Crippen molar-refractivity contribution in [1.82, 2.24) is 24.8 Å². The van der Waals surface area contributed by atoms with Crippen molar-refractivity contribution in [3.05, 3.63) is 66.0 Å². The van der Waals surface area contributed by atoms with E-state index in [1.807, 2.05) is 49.4 Å². The third-order valence-corrected chi connectivity index (χ3v) is 5.32. The second kappa shape index (κ2) is 8.36. The summed E-state index contributed by atoms with van der Waals surface area (Å²) in [6, 6.07) is 18.1. The van der Waals surface area contributed by atoms with Crippen molar-refractivity contribution < 1.29 is 14.3 Å². The fourth-order valence-electron chi connectivity index (χ4n) is 3.57. The van der Waals surface area contributed by atoms with Crippen LogP contribution in [-0.2, 0) is 4.74 Å². The molecule has 0 atom stereocenters. The fraction of sp³-hybridized carbons (Fsp3) is 0.273. The molecule has 1 saturated heterocycles. The first kappa shape index (κ1) is 19.6. The topological polar surface area (TPSA) is 80.6 Å². The molecule has 1 aliphatic heterocycles.